The highest BCUT2D eigenvalue weighted by molar-refractivity contribution is 7.99. The van der Waals surface area contributed by atoms with Crippen LogP contribution in [0, 0.1) is 0 Å². The van der Waals surface area contributed by atoms with Gasteiger partial charge in [-0.05, 0) is 24.1 Å². The fourth-order valence-electron chi connectivity index (χ4n) is 1.81. The van der Waals surface area contributed by atoms with Gasteiger partial charge in [0.15, 0.2) is 5.16 Å². The maximum absolute atomic E-state index is 11.7. The van der Waals surface area contributed by atoms with Crippen molar-refractivity contribution >= 4 is 23.4 Å². The summed E-state index contributed by atoms with van der Waals surface area (Å²) in [5, 5.41) is 8.28. The van der Waals surface area contributed by atoms with Crippen LogP contribution in [-0.2, 0) is 6.54 Å². The van der Waals surface area contributed by atoms with Crippen LogP contribution in [0.2, 0.25) is 5.15 Å². The molecule has 2 aromatic heterocycles. The lowest BCUT2D eigenvalue weighted by Crippen LogP contribution is -2.17. The van der Waals surface area contributed by atoms with Crippen LogP contribution >= 0.6 is 23.4 Å². The van der Waals surface area contributed by atoms with Crippen LogP contribution in [-0.4, -0.2) is 24.7 Å². The Labute approximate surface area is 126 Å². The van der Waals surface area contributed by atoms with E-state index in [2.05, 4.69) is 20.2 Å². The number of hydrogen-bond acceptors (Lipinski definition) is 5. The predicted molar refractivity (Wildman–Crippen MR) is 78.4 cm³/mol. The summed E-state index contributed by atoms with van der Waals surface area (Å²) in [4.78, 5) is 20.0. The third kappa shape index (κ3) is 3.04. The molecule has 0 radical (unpaired) electrons. The highest BCUT2D eigenvalue weighted by Crippen LogP contribution is 2.33. The standard InChI is InChI=1S/C12H16ClN5OS/c1-4-5-18-11(19)16-17-12(18)20-10-8(7(2)3)9(13)14-6-15-10/h6-7H,4-5H2,1-3H3,(H,16,19). The van der Waals surface area contributed by atoms with E-state index in [4.69, 9.17) is 11.6 Å². The molecule has 108 valence electrons. The number of nitrogens with zero attached hydrogens (tertiary/aromatic N) is 4. The fraction of sp³-hybridized carbons (Fsp3) is 0.500. The second-order valence-electron chi connectivity index (χ2n) is 4.60. The third-order valence-electron chi connectivity index (χ3n) is 2.73. The van der Waals surface area contributed by atoms with Crippen molar-refractivity contribution in [3.05, 3.63) is 27.5 Å². The molecule has 0 amide bonds. The van der Waals surface area contributed by atoms with Crippen LogP contribution in [0.3, 0.4) is 0 Å². The Morgan fingerprint density at radius 3 is 2.85 bits per heavy atom. The molecule has 0 saturated carbocycles. The largest absolute Gasteiger partial charge is 0.343 e. The molecule has 2 heterocycles. The molecular weight excluding hydrogens is 298 g/mol. The van der Waals surface area contributed by atoms with E-state index in [-0.39, 0.29) is 11.6 Å². The van der Waals surface area contributed by atoms with Crippen molar-refractivity contribution in [2.75, 3.05) is 0 Å². The molecule has 0 aliphatic carbocycles. The van der Waals surface area contributed by atoms with Crippen LogP contribution < -0.4 is 5.69 Å². The van der Waals surface area contributed by atoms with E-state index < -0.39 is 0 Å². The SMILES string of the molecule is CCCn1c(Sc2ncnc(Cl)c2C(C)C)n[nH]c1=O. The summed E-state index contributed by atoms with van der Waals surface area (Å²) >= 11 is 7.46. The lowest BCUT2D eigenvalue weighted by Gasteiger charge is -2.11. The van der Waals surface area contributed by atoms with Gasteiger partial charge in [-0.1, -0.05) is 32.4 Å². The smallest absolute Gasteiger partial charge is 0.270 e. The molecule has 0 aliphatic rings. The number of H-pyrrole nitrogens is 1. The van der Waals surface area contributed by atoms with Gasteiger partial charge >= 0.3 is 5.69 Å². The van der Waals surface area contributed by atoms with Gasteiger partial charge in [0.2, 0.25) is 0 Å². The van der Waals surface area contributed by atoms with E-state index >= 15 is 0 Å². The molecule has 0 fully saturated rings. The van der Waals surface area contributed by atoms with Gasteiger partial charge in [0, 0.05) is 12.1 Å². The number of aromatic nitrogens is 5. The number of hydrogen-bond donors (Lipinski definition) is 1. The summed E-state index contributed by atoms with van der Waals surface area (Å²) in [7, 11) is 0. The number of aromatic amines is 1. The van der Waals surface area contributed by atoms with E-state index in [0.29, 0.717) is 16.9 Å². The molecule has 20 heavy (non-hydrogen) atoms. The van der Waals surface area contributed by atoms with Crippen molar-refractivity contribution in [1.29, 1.82) is 0 Å². The molecule has 0 spiro atoms. The Morgan fingerprint density at radius 2 is 2.20 bits per heavy atom. The molecule has 0 unspecified atom stereocenters. The molecule has 2 rings (SSSR count). The van der Waals surface area contributed by atoms with E-state index in [1.165, 1.54) is 18.1 Å². The quantitative estimate of drug-likeness (QED) is 0.859. The lowest BCUT2D eigenvalue weighted by atomic mass is 10.1. The Balaban J connectivity index is 2.40. The van der Waals surface area contributed by atoms with Crippen molar-refractivity contribution < 1.29 is 0 Å². The van der Waals surface area contributed by atoms with Gasteiger partial charge < -0.3 is 0 Å². The van der Waals surface area contributed by atoms with Crippen molar-refractivity contribution in [2.45, 2.75) is 49.8 Å². The minimum Gasteiger partial charge on any atom is -0.270 e. The van der Waals surface area contributed by atoms with E-state index in [1.807, 2.05) is 20.8 Å². The van der Waals surface area contributed by atoms with Crippen LogP contribution in [0.25, 0.3) is 0 Å². The maximum atomic E-state index is 11.7. The predicted octanol–water partition coefficient (Wildman–Crippen LogP) is 2.70. The Kier molecular flexibility index (Phi) is 4.82. The third-order valence-corrected chi connectivity index (χ3v) is 4.05. The van der Waals surface area contributed by atoms with Crippen molar-refractivity contribution in [3.8, 4) is 0 Å². The second-order valence-corrected chi connectivity index (χ2v) is 5.92. The molecule has 0 aromatic carbocycles. The minimum absolute atomic E-state index is 0.191. The monoisotopic (exact) mass is 313 g/mol. The topological polar surface area (TPSA) is 76.5 Å². The van der Waals surface area contributed by atoms with Gasteiger partial charge in [-0.25, -0.2) is 19.9 Å². The first-order valence-corrected chi connectivity index (χ1v) is 7.57. The van der Waals surface area contributed by atoms with Crippen molar-refractivity contribution in [3.63, 3.8) is 0 Å². The number of halogens is 1. The molecule has 0 aliphatic heterocycles. The molecule has 2 aromatic rings. The van der Waals surface area contributed by atoms with E-state index in [9.17, 15) is 4.79 Å². The molecular formula is C12H16ClN5OS. The molecule has 1 N–H and O–H groups in total. The minimum atomic E-state index is -0.208. The highest BCUT2D eigenvalue weighted by atomic mass is 35.5. The van der Waals surface area contributed by atoms with E-state index in [1.54, 1.807) is 4.57 Å². The molecule has 0 saturated heterocycles. The van der Waals surface area contributed by atoms with Crippen LogP contribution in [0.4, 0.5) is 0 Å². The van der Waals surface area contributed by atoms with Gasteiger partial charge in [-0.3, -0.25) is 4.57 Å². The lowest BCUT2D eigenvalue weighted by molar-refractivity contribution is 0.603. The van der Waals surface area contributed by atoms with Crippen LogP contribution in [0.1, 0.15) is 38.7 Å². The first-order chi connectivity index (χ1) is 9.54. The summed E-state index contributed by atoms with van der Waals surface area (Å²) in [6.45, 7) is 6.68. The first-order valence-electron chi connectivity index (χ1n) is 6.38. The molecule has 8 heteroatoms. The van der Waals surface area contributed by atoms with Gasteiger partial charge in [-0.15, -0.1) is 5.10 Å². The van der Waals surface area contributed by atoms with E-state index in [0.717, 1.165) is 17.0 Å². The van der Waals surface area contributed by atoms with Gasteiger partial charge in [0.25, 0.3) is 0 Å². The summed E-state index contributed by atoms with van der Waals surface area (Å²) in [6.07, 6.45) is 2.28. The van der Waals surface area contributed by atoms with Crippen LogP contribution in [0.15, 0.2) is 21.3 Å². The Hall–Kier alpha value is -1.34. The molecule has 0 bridgehead atoms. The van der Waals surface area contributed by atoms with Crippen LogP contribution in [0.5, 0.6) is 0 Å². The highest BCUT2D eigenvalue weighted by Gasteiger charge is 2.17. The normalized spacial score (nSPS) is 11.2. The second kappa shape index (κ2) is 6.41. The average Bonchev–Trinajstić information content (AvgIpc) is 2.72. The summed E-state index contributed by atoms with van der Waals surface area (Å²) < 4.78 is 1.60. The summed E-state index contributed by atoms with van der Waals surface area (Å²) in [5.41, 5.74) is 0.665. The Morgan fingerprint density at radius 1 is 1.45 bits per heavy atom. The Bertz CT molecular complexity index is 652. The van der Waals surface area contributed by atoms with Gasteiger partial charge in [-0.2, -0.15) is 0 Å². The zero-order valence-corrected chi connectivity index (χ0v) is 13.1. The van der Waals surface area contributed by atoms with Crippen molar-refractivity contribution in [2.24, 2.45) is 0 Å². The van der Waals surface area contributed by atoms with Crippen molar-refractivity contribution in [1.82, 2.24) is 24.7 Å². The zero-order chi connectivity index (χ0) is 14.7. The zero-order valence-electron chi connectivity index (χ0n) is 11.6. The first kappa shape index (κ1) is 15.1. The number of rotatable bonds is 5. The molecule has 6 nitrogen and oxygen atoms in total. The number of nitrogens with one attached hydrogen (secondary N) is 1. The fourth-order valence-corrected chi connectivity index (χ4v) is 3.31. The maximum Gasteiger partial charge on any atom is 0.343 e. The summed E-state index contributed by atoms with van der Waals surface area (Å²) in [5.74, 6) is 0.191. The van der Waals surface area contributed by atoms with Gasteiger partial charge in [0.1, 0.15) is 16.5 Å². The molecule has 0 atom stereocenters. The summed E-state index contributed by atoms with van der Waals surface area (Å²) in [6, 6.07) is 0. The average molecular weight is 314 g/mol. The van der Waals surface area contributed by atoms with Gasteiger partial charge in [0.05, 0.1) is 0 Å².